The van der Waals surface area contributed by atoms with E-state index < -0.39 is 0 Å². The summed E-state index contributed by atoms with van der Waals surface area (Å²) in [5.41, 5.74) is 0. The van der Waals surface area contributed by atoms with Gasteiger partial charge in [0.15, 0.2) is 0 Å². The van der Waals surface area contributed by atoms with Crippen LogP contribution in [0.2, 0.25) is 0 Å². The van der Waals surface area contributed by atoms with E-state index in [1.165, 1.54) is 0 Å². The molecule has 11 heavy (non-hydrogen) atoms. The Labute approximate surface area is 67.4 Å². The molecular formula is C8H15N3. The second-order valence-corrected chi connectivity index (χ2v) is 2.82. The summed E-state index contributed by atoms with van der Waals surface area (Å²) in [4.78, 5) is 2.26. The highest BCUT2D eigenvalue weighted by atomic mass is 15.3. The van der Waals surface area contributed by atoms with Gasteiger partial charge >= 0.3 is 0 Å². The molecule has 1 heterocycles. The molecule has 0 unspecified atom stereocenters. The Balaban J connectivity index is 2.71. The minimum absolute atomic E-state index is 0.528. The van der Waals surface area contributed by atoms with Crippen LogP contribution in [-0.2, 0) is 0 Å². The summed E-state index contributed by atoms with van der Waals surface area (Å²) in [6, 6.07) is 2.52. The molecule has 0 amide bonds. The highest BCUT2D eigenvalue weighted by molar-refractivity contribution is 5.37. The third kappa shape index (κ3) is 1.73. The summed E-state index contributed by atoms with van der Waals surface area (Å²) < 4.78 is 0. The topological polar surface area (TPSA) is 31.9 Å². The molecule has 0 saturated heterocycles. The van der Waals surface area contributed by atoms with E-state index in [1.54, 1.807) is 6.20 Å². The first-order valence-corrected chi connectivity index (χ1v) is 4.01. The van der Waals surface area contributed by atoms with E-state index in [9.17, 15) is 0 Å². The lowest BCUT2D eigenvalue weighted by Crippen LogP contribution is -2.30. The first-order chi connectivity index (χ1) is 5.25. The smallest absolute Gasteiger partial charge is 0.124 e. The van der Waals surface area contributed by atoms with Gasteiger partial charge in [0, 0.05) is 18.7 Å². The van der Waals surface area contributed by atoms with E-state index in [0.717, 1.165) is 12.4 Å². The van der Waals surface area contributed by atoms with Gasteiger partial charge in [-0.25, -0.2) is 0 Å². The van der Waals surface area contributed by atoms with Crippen LogP contribution in [0.5, 0.6) is 0 Å². The molecule has 0 bridgehead atoms. The summed E-state index contributed by atoms with van der Waals surface area (Å²) in [5.74, 6) is 1.10. The summed E-state index contributed by atoms with van der Waals surface area (Å²) in [6.07, 6.45) is 1.78. The van der Waals surface area contributed by atoms with Crippen molar-refractivity contribution in [1.29, 1.82) is 0 Å². The molecule has 1 rings (SSSR count). The number of nitrogens with one attached hydrogen (secondary N) is 1. The summed E-state index contributed by atoms with van der Waals surface area (Å²) in [5, 5.41) is 6.85. The fraction of sp³-hybridized carbons (Fsp3) is 0.625. The molecule has 0 radical (unpaired) electrons. The average molecular weight is 153 g/mol. The lowest BCUT2D eigenvalue weighted by molar-refractivity contribution is 0.692. The van der Waals surface area contributed by atoms with Gasteiger partial charge < -0.3 is 4.90 Å². The van der Waals surface area contributed by atoms with Crippen LogP contribution in [0.1, 0.15) is 20.8 Å². The number of anilines is 1. The zero-order chi connectivity index (χ0) is 8.27. The summed E-state index contributed by atoms with van der Waals surface area (Å²) in [6.45, 7) is 7.50. The second-order valence-electron chi connectivity index (χ2n) is 2.82. The van der Waals surface area contributed by atoms with Crippen LogP contribution >= 0.6 is 0 Å². The Bertz CT molecular complexity index is 191. The molecule has 0 aliphatic rings. The molecule has 3 heteroatoms. The molecule has 0 atom stereocenters. The molecule has 0 aliphatic heterocycles. The Kier molecular flexibility index (Phi) is 2.52. The van der Waals surface area contributed by atoms with Gasteiger partial charge in [0.2, 0.25) is 0 Å². The monoisotopic (exact) mass is 153 g/mol. The SMILES string of the molecule is CCN(c1ccn[nH]1)C(C)C. The number of hydrogen-bond acceptors (Lipinski definition) is 2. The first kappa shape index (κ1) is 8.11. The number of aromatic nitrogens is 2. The Morgan fingerprint density at radius 3 is 2.73 bits per heavy atom. The van der Waals surface area contributed by atoms with Gasteiger partial charge in [-0.15, -0.1) is 0 Å². The largest absolute Gasteiger partial charge is 0.355 e. The molecule has 1 N–H and O–H groups in total. The van der Waals surface area contributed by atoms with Crippen molar-refractivity contribution in [2.24, 2.45) is 0 Å². The van der Waals surface area contributed by atoms with Crippen LogP contribution in [0, 0.1) is 0 Å². The lowest BCUT2D eigenvalue weighted by atomic mass is 10.3. The van der Waals surface area contributed by atoms with Gasteiger partial charge in [-0.1, -0.05) is 0 Å². The molecular weight excluding hydrogens is 138 g/mol. The molecule has 0 fully saturated rings. The standard InChI is InChI=1S/C8H15N3/c1-4-11(7(2)3)8-5-6-9-10-8/h5-7H,4H2,1-3H3,(H,9,10). The van der Waals surface area contributed by atoms with Crippen LogP contribution in [0.4, 0.5) is 5.82 Å². The molecule has 1 aromatic heterocycles. The zero-order valence-electron chi connectivity index (χ0n) is 7.33. The van der Waals surface area contributed by atoms with Crippen molar-refractivity contribution in [3.05, 3.63) is 12.3 Å². The minimum Gasteiger partial charge on any atom is -0.355 e. The van der Waals surface area contributed by atoms with Crippen molar-refractivity contribution in [3.63, 3.8) is 0 Å². The molecule has 0 aliphatic carbocycles. The Morgan fingerprint density at radius 2 is 2.36 bits per heavy atom. The molecule has 0 spiro atoms. The third-order valence-corrected chi connectivity index (χ3v) is 1.76. The summed E-state index contributed by atoms with van der Waals surface area (Å²) in [7, 11) is 0. The molecule has 0 saturated carbocycles. The van der Waals surface area contributed by atoms with E-state index in [4.69, 9.17) is 0 Å². The van der Waals surface area contributed by atoms with Crippen LogP contribution in [0.15, 0.2) is 12.3 Å². The van der Waals surface area contributed by atoms with E-state index in [-0.39, 0.29) is 0 Å². The maximum absolute atomic E-state index is 3.91. The van der Waals surface area contributed by atoms with Gasteiger partial charge in [-0.3, -0.25) is 5.10 Å². The highest BCUT2D eigenvalue weighted by Gasteiger charge is 2.07. The predicted molar refractivity (Wildman–Crippen MR) is 46.7 cm³/mol. The van der Waals surface area contributed by atoms with Crippen LogP contribution in [0.3, 0.4) is 0 Å². The van der Waals surface area contributed by atoms with Crippen LogP contribution in [-0.4, -0.2) is 22.8 Å². The van der Waals surface area contributed by atoms with E-state index in [2.05, 4.69) is 35.9 Å². The minimum atomic E-state index is 0.528. The Morgan fingerprint density at radius 1 is 1.64 bits per heavy atom. The fourth-order valence-corrected chi connectivity index (χ4v) is 1.22. The quantitative estimate of drug-likeness (QED) is 0.716. The van der Waals surface area contributed by atoms with Gasteiger partial charge in [-0.05, 0) is 20.8 Å². The zero-order valence-corrected chi connectivity index (χ0v) is 7.33. The van der Waals surface area contributed by atoms with Gasteiger partial charge in [0.25, 0.3) is 0 Å². The van der Waals surface area contributed by atoms with Crippen molar-refractivity contribution < 1.29 is 0 Å². The van der Waals surface area contributed by atoms with Crippen molar-refractivity contribution in [2.45, 2.75) is 26.8 Å². The molecule has 3 nitrogen and oxygen atoms in total. The average Bonchev–Trinajstić information content (AvgIpc) is 2.40. The van der Waals surface area contributed by atoms with Gasteiger partial charge in [0.05, 0.1) is 6.20 Å². The maximum Gasteiger partial charge on any atom is 0.124 e. The molecule has 0 aromatic carbocycles. The lowest BCUT2D eigenvalue weighted by Gasteiger charge is -2.24. The normalized spacial score (nSPS) is 10.5. The maximum atomic E-state index is 3.91. The molecule has 62 valence electrons. The number of rotatable bonds is 3. The highest BCUT2D eigenvalue weighted by Crippen LogP contribution is 2.11. The number of hydrogen-bond donors (Lipinski definition) is 1. The summed E-state index contributed by atoms with van der Waals surface area (Å²) >= 11 is 0. The first-order valence-electron chi connectivity index (χ1n) is 4.01. The fourth-order valence-electron chi connectivity index (χ4n) is 1.22. The van der Waals surface area contributed by atoms with E-state index >= 15 is 0 Å². The van der Waals surface area contributed by atoms with Crippen molar-refractivity contribution in [3.8, 4) is 0 Å². The van der Waals surface area contributed by atoms with E-state index in [1.807, 2.05) is 6.07 Å². The Hall–Kier alpha value is -0.990. The third-order valence-electron chi connectivity index (χ3n) is 1.76. The predicted octanol–water partition coefficient (Wildman–Crippen LogP) is 1.64. The van der Waals surface area contributed by atoms with Crippen molar-refractivity contribution >= 4 is 5.82 Å². The molecule has 1 aromatic rings. The van der Waals surface area contributed by atoms with Crippen LogP contribution < -0.4 is 4.90 Å². The second kappa shape index (κ2) is 3.42. The van der Waals surface area contributed by atoms with Crippen LogP contribution in [0.25, 0.3) is 0 Å². The van der Waals surface area contributed by atoms with Gasteiger partial charge in [0.1, 0.15) is 5.82 Å². The van der Waals surface area contributed by atoms with E-state index in [0.29, 0.717) is 6.04 Å². The van der Waals surface area contributed by atoms with Crippen molar-refractivity contribution in [2.75, 3.05) is 11.4 Å². The number of H-pyrrole nitrogens is 1. The van der Waals surface area contributed by atoms with Gasteiger partial charge in [-0.2, -0.15) is 5.10 Å². The number of nitrogens with zero attached hydrogens (tertiary/aromatic N) is 2. The van der Waals surface area contributed by atoms with Crippen molar-refractivity contribution in [1.82, 2.24) is 10.2 Å². The number of aromatic amines is 1.